The Hall–Kier alpha value is -0.940. The lowest BCUT2D eigenvalue weighted by Gasteiger charge is -2.23. The monoisotopic (exact) mass is 267 g/mol. The summed E-state index contributed by atoms with van der Waals surface area (Å²) in [5, 5.41) is 12.4. The second-order valence-electron chi connectivity index (χ2n) is 4.58. The molecule has 0 aliphatic carbocycles. The maximum absolute atomic E-state index is 8.89. The summed E-state index contributed by atoms with van der Waals surface area (Å²) < 4.78 is 0. The smallest absolute Gasteiger partial charge is 0.126 e. The molecule has 2 N–H and O–H groups in total. The molecule has 0 radical (unpaired) electrons. The number of hydrogen-bond acceptors (Lipinski definition) is 5. The van der Waals surface area contributed by atoms with Crippen LogP contribution in [0.25, 0.3) is 0 Å². The maximum Gasteiger partial charge on any atom is 0.126 e. The van der Waals surface area contributed by atoms with E-state index in [0.717, 1.165) is 11.5 Å². The number of rotatable bonds is 5. The lowest BCUT2D eigenvalue weighted by atomic mass is 10.1. The van der Waals surface area contributed by atoms with Gasteiger partial charge in [0.1, 0.15) is 5.82 Å². The Kier molecular flexibility index (Phi) is 5.13. The minimum absolute atomic E-state index is 0.163. The molecule has 1 aromatic rings. The predicted octanol–water partition coefficient (Wildman–Crippen LogP) is 1.82. The lowest BCUT2D eigenvalue weighted by Crippen LogP contribution is -2.25. The van der Waals surface area contributed by atoms with Gasteiger partial charge in [-0.05, 0) is 36.5 Å². The van der Waals surface area contributed by atoms with Crippen molar-refractivity contribution < 1.29 is 5.11 Å². The van der Waals surface area contributed by atoms with E-state index < -0.39 is 0 Å². The van der Waals surface area contributed by atoms with Gasteiger partial charge in [-0.15, -0.1) is 0 Å². The molecule has 1 aliphatic rings. The number of hydrogen-bond donors (Lipinski definition) is 2. The number of aromatic nitrogens is 1. The van der Waals surface area contributed by atoms with Gasteiger partial charge in [-0.3, -0.25) is 0 Å². The Bertz CT molecular complexity index is 352. The first-order valence-electron chi connectivity index (χ1n) is 6.42. The van der Waals surface area contributed by atoms with E-state index in [0.29, 0.717) is 12.6 Å². The zero-order chi connectivity index (χ0) is 12.8. The first-order chi connectivity index (χ1) is 8.79. The third kappa shape index (κ3) is 3.78. The van der Waals surface area contributed by atoms with Crippen LogP contribution in [-0.4, -0.2) is 47.8 Å². The standard InChI is InChI=1S/C13H21N3OS/c1-16(6-7-17)12-2-3-13(14-10-12)15-11-4-8-18-9-5-11/h2-3,10-11,17H,4-9H2,1H3,(H,14,15). The van der Waals surface area contributed by atoms with Gasteiger partial charge in [0, 0.05) is 19.6 Å². The van der Waals surface area contributed by atoms with Gasteiger partial charge in [-0.25, -0.2) is 4.98 Å². The van der Waals surface area contributed by atoms with Crippen LogP contribution in [0, 0.1) is 0 Å². The van der Waals surface area contributed by atoms with Crippen molar-refractivity contribution in [2.45, 2.75) is 18.9 Å². The van der Waals surface area contributed by atoms with Gasteiger partial charge in [0.05, 0.1) is 18.5 Å². The van der Waals surface area contributed by atoms with Crippen molar-refractivity contribution in [3.63, 3.8) is 0 Å². The number of aliphatic hydroxyl groups excluding tert-OH is 1. The van der Waals surface area contributed by atoms with E-state index in [4.69, 9.17) is 5.11 Å². The average Bonchev–Trinajstić information content (AvgIpc) is 2.41. The van der Waals surface area contributed by atoms with Crippen LogP contribution in [0.15, 0.2) is 18.3 Å². The molecule has 100 valence electrons. The van der Waals surface area contributed by atoms with E-state index in [-0.39, 0.29) is 6.61 Å². The van der Waals surface area contributed by atoms with Crippen molar-refractivity contribution in [1.82, 2.24) is 4.98 Å². The number of aliphatic hydroxyl groups is 1. The first-order valence-corrected chi connectivity index (χ1v) is 7.57. The molecule has 18 heavy (non-hydrogen) atoms. The normalized spacial score (nSPS) is 16.6. The highest BCUT2D eigenvalue weighted by Crippen LogP contribution is 2.21. The summed E-state index contributed by atoms with van der Waals surface area (Å²) in [4.78, 5) is 6.43. The van der Waals surface area contributed by atoms with Gasteiger partial charge in [0.15, 0.2) is 0 Å². The van der Waals surface area contributed by atoms with Crippen molar-refractivity contribution in [2.75, 3.05) is 41.9 Å². The molecule has 5 heteroatoms. The highest BCUT2D eigenvalue weighted by atomic mass is 32.2. The third-order valence-electron chi connectivity index (χ3n) is 3.20. The second-order valence-corrected chi connectivity index (χ2v) is 5.80. The topological polar surface area (TPSA) is 48.4 Å². The lowest BCUT2D eigenvalue weighted by molar-refractivity contribution is 0.304. The molecule has 1 saturated heterocycles. The molecular formula is C13H21N3OS. The molecule has 4 nitrogen and oxygen atoms in total. The average molecular weight is 267 g/mol. The van der Waals surface area contributed by atoms with Gasteiger partial charge in [0.25, 0.3) is 0 Å². The molecule has 0 saturated carbocycles. The van der Waals surface area contributed by atoms with E-state index in [1.54, 1.807) is 0 Å². The Morgan fingerprint density at radius 3 is 2.83 bits per heavy atom. The van der Waals surface area contributed by atoms with Crippen molar-refractivity contribution in [3.05, 3.63) is 18.3 Å². The highest BCUT2D eigenvalue weighted by molar-refractivity contribution is 7.99. The van der Waals surface area contributed by atoms with Crippen LogP contribution in [-0.2, 0) is 0 Å². The molecule has 2 heterocycles. The molecule has 0 atom stereocenters. The van der Waals surface area contributed by atoms with Crippen LogP contribution in [0.4, 0.5) is 11.5 Å². The summed E-state index contributed by atoms with van der Waals surface area (Å²) in [6.07, 6.45) is 4.30. The molecule has 0 unspecified atom stereocenters. The molecule has 0 spiro atoms. The SMILES string of the molecule is CN(CCO)c1ccc(NC2CCSCC2)nc1. The van der Waals surface area contributed by atoms with Crippen LogP contribution >= 0.6 is 11.8 Å². The number of nitrogens with one attached hydrogen (secondary N) is 1. The zero-order valence-corrected chi connectivity index (χ0v) is 11.6. The van der Waals surface area contributed by atoms with E-state index >= 15 is 0 Å². The summed E-state index contributed by atoms with van der Waals surface area (Å²) in [6.45, 7) is 0.796. The van der Waals surface area contributed by atoms with Crippen molar-refractivity contribution >= 4 is 23.3 Å². The Labute approximate surface area is 113 Å². The first kappa shape index (κ1) is 13.5. The van der Waals surface area contributed by atoms with E-state index in [1.165, 1.54) is 24.3 Å². The summed E-state index contributed by atoms with van der Waals surface area (Å²) in [6, 6.07) is 4.63. The molecule has 1 fully saturated rings. The van der Waals surface area contributed by atoms with Crippen molar-refractivity contribution in [1.29, 1.82) is 0 Å². The van der Waals surface area contributed by atoms with Crippen molar-refractivity contribution in [3.8, 4) is 0 Å². The van der Waals surface area contributed by atoms with E-state index in [9.17, 15) is 0 Å². The van der Waals surface area contributed by atoms with E-state index in [1.807, 2.05) is 42.0 Å². The Morgan fingerprint density at radius 1 is 1.44 bits per heavy atom. The molecule has 1 aromatic heterocycles. The quantitative estimate of drug-likeness (QED) is 0.852. The van der Waals surface area contributed by atoms with Gasteiger partial charge in [0.2, 0.25) is 0 Å². The van der Waals surface area contributed by atoms with Crippen LogP contribution in [0.1, 0.15) is 12.8 Å². The molecule has 2 rings (SSSR count). The number of pyridine rings is 1. The molecule has 0 aromatic carbocycles. The fraction of sp³-hybridized carbons (Fsp3) is 0.615. The predicted molar refractivity (Wildman–Crippen MR) is 78.6 cm³/mol. The van der Waals surface area contributed by atoms with Gasteiger partial charge in [-0.1, -0.05) is 0 Å². The van der Waals surface area contributed by atoms with Crippen LogP contribution < -0.4 is 10.2 Å². The van der Waals surface area contributed by atoms with Crippen LogP contribution in [0.5, 0.6) is 0 Å². The van der Waals surface area contributed by atoms with Gasteiger partial charge < -0.3 is 15.3 Å². The Morgan fingerprint density at radius 2 is 2.22 bits per heavy atom. The van der Waals surface area contributed by atoms with Gasteiger partial charge in [-0.2, -0.15) is 11.8 Å². The maximum atomic E-state index is 8.89. The van der Waals surface area contributed by atoms with Crippen molar-refractivity contribution in [2.24, 2.45) is 0 Å². The molecule has 1 aliphatic heterocycles. The highest BCUT2D eigenvalue weighted by Gasteiger charge is 2.13. The zero-order valence-electron chi connectivity index (χ0n) is 10.8. The third-order valence-corrected chi connectivity index (χ3v) is 4.25. The Balaban J connectivity index is 1.90. The fourth-order valence-corrected chi connectivity index (χ4v) is 3.13. The van der Waals surface area contributed by atoms with Crippen LogP contribution in [0.3, 0.4) is 0 Å². The fourth-order valence-electron chi connectivity index (χ4n) is 2.03. The molecular weight excluding hydrogens is 246 g/mol. The number of thioether (sulfide) groups is 1. The number of likely N-dealkylation sites (N-methyl/N-ethyl adjacent to an activating group) is 1. The number of anilines is 2. The second kappa shape index (κ2) is 6.85. The van der Waals surface area contributed by atoms with Gasteiger partial charge >= 0.3 is 0 Å². The molecule has 0 bridgehead atoms. The minimum Gasteiger partial charge on any atom is -0.395 e. The summed E-state index contributed by atoms with van der Waals surface area (Å²) >= 11 is 2.03. The summed E-state index contributed by atoms with van der Waals surface area (Å²) in [7, 11) is 1.96. The summed E-state index contributed by atoms with van der Waals surface area (Å²) in [5.41, 5.74) is 1.04. The minimum atomic E-state index is 0.163. The molecule has 0 amide bonds. The summed E-state index contributed by atoms with van der Waals surface area (Å²) in [5.74, 6) is 3.44. The van der Waals surface area contributed by atoms with E-state index in [2.05, 4.69) is 10.3 Å². The number of nitrogens with zero attached hydrogens (tertiary/aromatic N) is 2. The largest absolute Gasteiger partial charge is 0.395 e. The van der Waals surface area contributed by atoms with Crippen LogP contribution in [0.2, 0.25) is 0 Å².